The maximum absolute atomic E-state index is 3.72. The predicted molar refractivity (Wildman–Crippen MR) is 90.4 cm³/mol. The summed E-state index contributed by atoms with van der Waals surface area (Å²) in [5, 5.41) is 3.72. The highest BCUT2D eigenvalue weighted by Gasteiger charge is 2.28. The summed E-state index contributed by atoms with van der Waals surface area (Å²) in [5.74, 6) is 3.11. The molecule has 1 fully saturated rings. The van der Waals surface area contributed by atoms with Gasteiger partial charge in [0.2, 0.25) is 0 Å². The molecule has 1 N–H and O–H groups in total. The van der Waals surface area contributed by atoms with E-state index in [4.69, 9.17) is 0 Å². The molecule has 0 heterocycles. The van der Waals surface area contributed by atoms with Crippen molar-refractivity contribution in [3.63, 3.8) is 0 Å². The molecule has 0 amide bonds. The Kier molecular flexibility index (Phi) is 6.95. The van der Waals surface area contributed by atoms with E-state index in [2.05, 4.69) is 49.5 Å². The van der Waals surface area contributed by atoms with Gasteiger partial charge >= 0.3 is 0 Å². The lowest BCUT2D eigenvalue weighted by molar-refractivity contribution is 0.197. The van der Waals surface area contributed by atoms with Gasteiger partial charge in [-0.05, 0) is 61.9 Å². The lowest BCUT2D eigenvalue weighted by Gasteiger charge is -2.36. The number of benzene rings is 1. The molecule has 1 nitrogen and oxygen atoms in total. The highest BCUT2D eigenvalue weighted by molar-refractivity contribution is 7.99. The van der Waals surface area contributed by atoms with Crippen molar-refractivity contribution >= 4 is 11.8 Å². The zero-order valence-corrected chi connectivity index (χ0v) is 13.8. The Hall–Kier alpha value is -0.470. The van der Waals surface area contributed by atoms with Crippen LogP contribution in [0.1, 0.15) is 46.0 Å². The predicted octanol–water partition coefficient (Wildman–Crippen LogP) is 4.97. The van der Waals surface area contributed by atoms with Crippen molar-refractivity contribution in [3.05, 3.63) is 30.3 Å². The lowest BCUT2D eigenvalue weighted by atomic mass is 9.76. The first kappa shape index (κ1) is 15.9. The van der Waals surface area contributed by atoms with E-state index in [9.17, 15) is 0 Å². The Bertz CT molecular complexity index is 365. The van der Waals surface area contributed by atoms with Crippen molar-refractivity contribution < 1.29 is 0 Å². The molecule has 1 aromatic carbocycles. The average molecular weight is 292 g/mol. The van der Waals surface area contributed by atoms with Crippen molar-refractivity contribution in [2.24, 2.45) is 11.8 Å². The van der Waals surface area contributed by atoms with Gasteiger partial charge < -0.3 is 5.32 Å². The number of hydrogen-bond acceptors (Lipinski definition) is 2. The molecule has 0 aromatic heterocycles. The van der Waals surface area contributed by atoms with Gasteiger partial charge in [0.1, 0.15) is 0 Å². The largest absolute Gasteiger partial charge is 0.314 e. The Morgan fingerprint density at radius 1 is 1.15 bits per heavy atom. The number of nitrogens with one attached hydrogen (secondary N) is 1. The highest BCUT2D eigenvalue weighted by Crippen LogP contribution is 2.34. The van der Waals surface area contributed by atoms with Gasteiger partial charge in [-0.3, -0.25) is 0 Å². The van der Waals surface area contributed by atoms with Crippen LogP contribution < -0.4 is 5.32 Å². The molecule has 112 valence electrons. The molecule has 1 saturated carbocycles. The second-order valence-corrected chi connectivity index (χ2v) is 7.13. The SMILES string of the molecule is CCNC1CCC(CC)CC1CCSc1ccccc1. The first-order valence-corrected chi connectivity index (χ1v) is 9.23. The van der Waals surface area contributed by atoms with Crippen LogP contribution in [0.5, 0.6) is 0 Å². The maximum atomic E-state index is 3.72. The summed E-state index contributed by atoms with van der Waals surface area (Å²) < 4.78 is 0. The zero-order valence-electron chi connectivity index (χ0n) is 13.0. The molecule has 2 rings (SSSR count). The molecule has 20 heavy (non-hydrogen) atoms. The van der Waals surface area contributed by atoms with Gasteiger partial charge in [-0.1, -0.05) is 38.5 Å². The minimum atomic E-state index is 0.763. The minimum absolute atomic E-state index is 0.763. The van der Waals surface area contributed by atoms with E-state index in [0.29, 0.717) is 0 Å². The normalized spacial score (nSPS) is 26.6. The molecule has 1 aromatic rings. The van der Waals surface area contributed by atoms with Crippen molar-refractivity contribution in [3.8, 4) is 0 Å². The molecule has 0 saturated heterocycles. The Balaban J connectivity index is 1.80. The maximum Gasteiger partial charge on any atom is 0.00957 e. The van der Waals surface area contributed by atoms with E-state index in [0.717, 1.165) is 24.4 Å². The van der Waals surface area contributed by atoms with Crippen molar-refractivity contribution in [1.82, 2.24) is 5.32 Å². The summed E-state index contributed by atoms with van der Waals surface area (Å²) in [6.07, 6.45) is 6.96. The van der Waals surface area contributed by atoms with Crippen LogP contribution in [0.4, 0.5) is 0 Å². The van der Waals surface area contributed by atoms with Gasteiger partial charge in [0, 0.05) is 10.9 Å². The van der Waals surface area contributed by atoms with Crippen molar-refractivity contribution in [1.29, 1.82) is 0 Å². The fourth-order valence-electron chi connectivity index (χ4n) is 3.43. The molecule has 1 aliphatic rings. The third kappa shape index (κ3) is 4.82. The highest BCUT2D eigenvalue weighted by atomic mass is 32.2. The fourth-order valence-corrected chi connectivity index (χ4v) is 4.43. The fraction of sp³-hybridized carbons (Fsp3) is 0.667. The summed E-state index contributed by atoms with van der Waals surface area (Å²) in [5.41, 5.74) is 0. The Morgan fingerprint density at radius 2 is 1.95 bits per heavy atom. The van der Waals surface area contributed by atoms with Crippen LogP contribution in [0, 0.1) is 11.8 Å². The van der Waals surface area contributed by atoms with Crippen LogP contribution in [-0.4, -0.2) is 18.3 Å². The number of rotatable bonds is 7. The molecular formula is C18H29NS. The van der Waals surface area contributed by atoms with E-state index in [1.54, 1.807) is 0 Å². The van der Waals surface area contributed by atoms with Gasteiger partial charge in [-0.15, -0.1) is 11.8 Å². The Labute approximate surface area is 128 Å². The van der Waals surface area contributed by atoms with Gasteiger partial charge in [-0.25, -0.2) is 0 Å². The van der Waals surface area contributed by atoms with Crippen LogP contribution >= 0.6 is 11.8 Å². The van der Waals surface area contributed by atoms with Gasteiger partial charge in [-0.2, -0.15) is 0 Å². The van der Waals surface area contributed by atoms with Gasteiger partial charge in [0.05, 0.1) is 0 Å². The van der Waals surface area contributed by atoms with Crippen molar-refractivity contribution in [2.75, 3.05) is 12.3 Å². The van der Waals surface area contributed by atoms with E-state index in [-0.39, 0.29) is 0 Å². The molecule has 3 atom stereocenters. The summed E-state index contributed by atoms with van der Waals surface area (Å²) in [6.45, 7) is 5.71. The minimum Gasteiger partial charge on any atom is -0.314 e. The van der Waals surface area contributed by atoms with E-state index in [1.807, 2.05) is 11.8 Å². The topological polar surface area (TPSA) is 12.0 Å². The second kappa shape index (κ2) is 8.74. The summed E-state index contributed by atoms with van der Waals surface area (Å²) in [4.78, 5) is 1.41. The van der Waals surface area contributed by atoms with Crippen LogP contribution in [0.25, 0.3) is 0 Å². The summed E-state index contributed by atoms with van der Waals surface area (Å²) in [6, 6.07) is 11.6. The van der Waals surface area contributed by atoms with E-state index in [1.165, 1.54) is 42.8 Å². The first-order valence-electron chi connectivity index (χ1n) is 8.24. The van der Waals surface area contributed by atoms with E-state index < -0.39 is 0 Å². The molecule has 0 radical (unpaired) electrons. The van der Waals surface area contributed by atoms with Crippen LogP contribution in [0.15, 0.2) is 35.2 Å². The molecule has 0 spiro atoms. The number of hydrogen-bond donors (Lipinski definition) is 1. The standard InChI is InChI=1S/C18H29NS/c1-3-15-10-11-18(19-4-2)16(14-15)12-13-20-17-8-6-5-7-9-17/h5-9,15-16,18-19H,3-4,10-14H2,1-2H3. The molecule has 0 bridgehead atoms. The average Bonchev–Trinajstić information content (AvgIpc) is 2.50. The monoisotopic (exact) mass is 291 g/mol. The molecule has 2 heteroatoms. The second-order valence-electron chi connectivity index (χ2n) is 5.96. The van der Waals surface area contributed by atoms with Crippen molar-refractivity contribution in [2.45, 2.75) is 56.9 Å². The Morgan fingerprint density at radius 3 is 2.65 bits per heavy atom. The third-order valence-corrected chi connectivity index (χ3v) is 5.68. The molecule has 0 aliphatic heterocycles. The first-order chi connectivity index (χ1) is 9.83. The molecule has 3 unspecified atom stereocenters. The summed E-state index contributed by atoms with van der Waals surface area (Å²) >= 11 is 2.02. The van der Waals surface area contributed by atoms with E-state index >= 15 is 0 Å². The summed E-state index contributed by atoms with van der Waals surface area (Å²) in [7, 11) is 0. The van der Waals surface area contributed by atoms with Crippen LogP contribution in [-0.2, 0) is 0 Å². The lowest BCUT2D eigenvalue weighted by Crippen LogP contribution is -2.40. The van der Waals surface area contributed by atoms with Gasteiger partial charge in [0.25, 0.3) is 0 Å². The van der Waals surface area contributed by atoms with Crippen LogP contribution in [0.2, 0.25) is 0 Å². The smallest absolute Gasteiger partial charge is 0.00957 e. The zero-order chi connectivity index (χ0) is 14.2. The van der Waals surface area contributed by atoms with Gasteiger partial charge in [0.15, 0.2) is 0 Å². The number of thioether (sulfide) groups is 1. The van der Waals surface area contributed by atoms with Crippen LogP contribution in [0.3, 0.4) is 0 Å². The third-order valence-electron chi connectivity index (χ3n) is 4.64. The quantitative estimate of drug-likeness (QED) is 0.712. The molecule has 1 aliphatic carbocycles. The molecular weight excluding hydrogens is 262 g/mol.